The lowest BCUT2D eigenvalue weighted by atomic mass is 9.83. The van der Waals surface area contributed by atoms with Crippen LogP contribution < -0.4 is 4.90 Å². The first-order valence-electron chi connectivity index (χ1n) is 9.14. The van der Waals surface area contributed by atoms with Gasteiger partial charge in [-0.25, -0.2) is 9.18 Å². The minimum absolute atomic E-state index is 0.0556. The Balaban J connectivity index is 1.44. The number of amides is 3. The third kappa shape index (κ3) is 3.10. The van der Waals surface area contributed by atoms with Gasteiger partial charge in [0.15, 0.2) is 0 Å². The monoisotopic (exact) mass is 345 g/mol. The SMILES string of the molecule is CN(C(=O)N1CC[C@H]2[C@@H](CCC(=O)N2C2CC2)C1)c1ccc(F)cc1. The maximum atomic E-state index is 13.1. The molecule has 134 valence electrons. The third-order valence-electron chi connectivity index (χ3n) is 5.78. The van der Waals surface area contributed by atoms with Crippen molar-refractivity contribution >= 4 is 17.6 Å². The zero-order valence-electron chi connectivity index (χ0n) is 14.5. The number of benzene rings is 1. The molecule has 1 aromatic rings. The van der Waals surface area contributed by atoms with Crippen molar-refractivity contribution in [2.75, 3.05) is 25.0 Å². The standard InChI is InChI=1S/C19H24FN3O2/c1-21(15-5-3-14(20)4-6-15)19(25)22-11-10-17-13(12-22)2-9-18(24)23(17)16-7-8-16/h3-6,13,16-17H,2,7-12H2,1H3/t13-,17-/m0/s1. The van der Waals surface area contributed by atoms with Crippen molar-refractivity contribution in [1.82, 2.24) is 9.80 Å². The van der Waals surface area contributed by atoms with Crippen molar-refractivity contribution in [2.24, 2.45) is 5.92 Å². The summed E-state index contributed by atoms with van der Waals surface area (Å²) in [5.41, 5.74) is 0.687. The average molecular weight is 345 g/mol. The van der Waals surface area contributed by atoms with Gasteiger partial charge in [-0.15, -0.1) is 0 Å². The minimum Gasteiger partial charge on any atom is -0.336 e. The number of piperidine rings is 2. The summed E-state index contributed by atoms with van der Waals surface area (Å²) >= 11 is 0. The largest absolute Gasteiger partial charge is 0.336 e. The van der Waals surface area contributed by atoms with Crippen LogP contribution in [0.4, 0.5) is 14.9 Å². The molecule has 6 heteroatoms. The number of carbonyl (C=O) groups excluding carboxylic acids is 2. The van der Waals surface area contributed by atoms with E-state index in [9.17, 15) is 14.0 Å². The van der Waals surface area contributed by atoms with Crippen LogP contribution in [0.25, 0.3) is 0 Å². The highest BCUT2D eigenvalue weighted by molar-refractivity contribution is 5.91. The first-order chi connectivity index (χ1) is 12.0. The molecule has 0 spiro atoms. The van der Waals surface area contributed by atoms with Crippen LogP contribution in [0.2, 0.25) is 0 Å². The van der Waals surface area contributed by atoms with E-state index in [1.165, 1.54) is 12.1 Å². The molecule has 3 fully saturated rings. The number of anilines is 1. The van der Waals surface area contributed by atoms with Gasteiger partial charge in [0, 0.05) is 44.3 Å². The molecular formula is C19H24FN3O2. The van der Waals surface area contributed by atoms with E-state index >= 15 is 0 Å². The number of hydrogen-bond acceptors (Lipinski definition) is 2. The van der Waals surface area contributed by atoms with Crippen LogP contribution in [-0.4, -0.2) is 54.0 Å². The van der Waals surface area contributed by atoms with Crippen LogP contribution >= 0.6 is 0 Å². The van der Waals surface area contributed by atoms with E-state index in [0.717, 1.165) is 25.7 Å². The van der Waals surface area contributed by atoms with E-state index in [1.54, 1.807) is 24.1 Å². The van der Waals surface area contributed by atoms with E-state index in [-0.39, 0.29) is 11.8 Å². The number of carbonyl (C=O) groups is 2. The number of hydrogen-bond donors (Lipinski definition) is 0. The number of urea groups is 1. The molecule has 5 nitrogen and oxygen atoms in total. The van der Waals surface area contributed by atoms with Crippen molar-refractivity contribution in [3.05, 3.63) is 30.1 Å². The molecule has 4 rings (SSSR count). The molecule has 2 saturated heterocycles. The molecule has 25 heavy (non-hydrogen) atoms. The summed E-state index contributed by atoms with van der Waals surface area (Å²) in [6.07, 6.45) is 4.59. The van der Waals surface area contributed by atoms with Gasteiger partial charge in [0.2, 0.25) is 5.91 Å². The normalized spacial score (nSPS) is 26.4. The topological polar surface area (TPSA) is 43.9 Å². The Bertz CT molecular complexity index is 674. The molecule has 0 N–H and O–H groups in total. The summed E-state index contributed by atoms with van der Waals surface area (Å²) in [6, 6.07) is 6.66. The van der Waals surface area contributed by atoms with Crippen molar-refractivity contribution in [2.45, 2.75) is 44.2 Å². The minimum atomic E-state index is -0.308. The predicted molar refractivity (Wildman–Crippen MR) is 92.8 cm³/mol. The first-order valence-corrected chi connectivity index (χ1v) is 9.14. The molecule has 3 amide bonds. The Hall–Kier alpha value is -2.11. The zero-order valence-corrected chi connectivity index (χ0v) is 14.5. The van der Waals surface area contributed by atoms with Crippen LogP contribution in [0, 0.1) is 11.7 Å². The van der Waals surface area contributed by atoms with Gasteiger partial charge >= 0.3 is 6.03 Å². The molecule has 0 aromatic heterocycles. The van der Waals surface area contributed by atoms with Crippen molar-refractivity contribution in [1.29, 1.82) is 0 Å². The van der Waals surface area contributed by atoms with Crippen molar-refractivity contribution < 1.29 is 14.0 Å². The van der Waals surface area contributed by atoms with Gasteiger partial charge in [0.1, 0.15) is 5.82 Å². The second-order valence-corrected chi connectivity index (χ2v) is 7.45. The van der Waals surface area contributed by atoms with E-state index in [1.807, 2.05) is 4.90 Å². The predicted octanol–water partition coefficient (Wildman–Crippen LogP) is 2.86. The number of halogens is 1. The van der Waals surface area contributed by atoms with Crippen LogP contribution in [0.5, 0.6) is 0 Å². The molecule has 1 saturated carbocycles. The smallest absolute Gasteiger partial charge is 0.324 e. The number of likely N-dealkylation sites (tertiary alicyclic amines) is 2. The zero-order chi connectivity index (χ0) is 17.6. The second kappa shape index (κ2) is 6.32. The molecular weight excluding hydrogens is 321 g/mol. The quantitative estimate of drug-likeness (QED) is 0.827. The Labute approximate surface area is 147 Å². The van der Waals surface area contributed by atoms with E-state index in [2.05, 4.69) is 4.90 Å². The lowest BCUT2D eigenvalue weighted by Crippen LogP contribution is -2.58. The molecule has 2 heterocycles. The third-order valence-corrected chi connectivity index (χ3v) is 5.78. The van der Waals surface area contributed by atoms with Crippen LogP contribution in [0.3, 0.4) is 0 Å². The first kappa shape index (κ1) is 16.4. The molecule has 1 aliphatic carbocycles. The summed E-state index contributed by atoms with van der Waals surface area (Å²) in [7, 11) is 1.72. The number of fused-ring (bicyclic) bond motifs is 1. The maximum absolute atomic E-state index is 13.1. The highest BCUT2D eigenvalue weighted by atomic mass is 19.1. The molecule has 2 aliphatic heterocycles. The molecule has 2 atom stereocenters. The molecule has 0 unspecified atom stereocenters. The fourth-order valence-corrected chi connectivity index (χ4v) is 4.28. The Morgan fingerprint density at radius 2 is 1.88 bits per heavy atom. The summed E-state index contributed by atoms with van der Waals surface area (Å²) in [5, 5.41) is 0. The summed E-state index contributed by atoms with van der Waals surface area (Å²) in [6.45, 7) is 1.37. The molecule has 0 radical (unpaired) electrons. The van der Waals surface area contributed by atoms with E-state index < -0.39 is 0 Å². The Morgan fingerprint density at radius 3 is 2.56 bits per heavy atom. The van der Waals surface area contributed by atoms with E-state index in [4.69, 9.17) is 0 Å². The van der Waals surface area contributed by atoms with Gasteiger partial charge < -0.3 is 9.80 Å². The Morgan fingerprint density at radius 1 is 1.16 bits per heavy atom. The molecule has 1 aromatic carbocycles. The summed E-state index contributed by atoms with van der Waals surface area (Å²) in [4.78, 5) is 30.7. The highest BCUT2D eigenvalue weighted by Crippen LogP contribution is 2.39. The Kier molecular flexibility index (Phi) is 4.13. The van der Waals surface area contributed by atoms with E-state index in [0.29, 0.717) is 49.1 Å². The van der Waals surface area contributed by atoms with Gasteiger partial charge in [0.05, 0.1) is 0 Å². The van der Waals surface area contributed by atoms with Gasteiger partial charge in [0.25, 0.3) is 0 Å². The average Bonchev–Trinajstić information content (AvgIpc) is 3.45. The fourth-order valence-electron chi connectivity index (χ4n) is 4.28. The lowest BCUT2D eigenvalue weighted by molar-refractivity contribution is -0.141. The van der Waals surface area contributed by atoms with Gasteiger partial charge in [-0.3, -0.25) is 9.69 Å². The van der Waals surface area contributed by atoms with Gasteiger partial charge in [-0.05, 0) is 55.9 Å². The van der Waals surface area contributed by atoms with Crippen LogP contribution in [-0.2, 0) is 4.79 Å². The second-order valence-electron chi connectivity index (χ2n) is 7.45. The molecule has 0 bridgehead atoms. The maximum Gasteiger partial charge on any atom is 0.324 e. The van der Waals surface area contributed by atoms with Gasteiger partial charge in [-0.1, -0.05) is 0 Å². The lowest BCUT2D eigenvalue weighted by Gasteiger charge is -2.47. The van der Waals surface area contributed by atoms with Crippen molar-refractivity contribution in [3.8, 4) is 0 Å². The summed E-state index contributed by atoms with van der Waals surface area (Å²) in [5.74, 6) is 0.363. The van der Waals surface area contributed by atoms with Crippen LogP contribution in [0.15, 0.2) is 24.3 Å². The van der Waals surface area contributed by atoms with Crippen molar-refractivity contribution in [3.63, 3.8) is 0 Å². The fraction of sp³-hybridized carbons (Fsp3) is 0.579. The number of nitrogens with zero attached hydrogens (tertiary/aromatic N) is 3. The van der Waals surface area contributed by atoms with Crippen LogP contribution in [0.1, 0.15) is 32.1 Å². The number of rotatable bonds is 2. The highest BCUT2D eigenvalue weighted by Gasteiger charge is 2.46. The molecule has 3 aliphatic rings. The van der Waals surface area contributed by atoms with Gasteiger partial charge in [-0.2, -0.15) is 0 Å². The summed E-state index contributed by atoms with van der Waals surface area (Å²) < 4.78 is 13.1.